The summed E-state index contributed by atoms with van der Waals surface area (Å²) in [4.78, 5) is 32.0. The van der Waals surface area contributed by atoms with Gasteiger partial charge < -0.3 is 20.4 Å². The minimum absolute atomic E-state index is 0.0409. The number of piperidine rings is 1. The van der Waals surface area contributed by atoms with Gasteiger partial charge in [-0.3, -0.25) is 14.5 Å². The van der Waals surface area contributed by atoms with Crippen molar-refractivity contribution in [2.75, 3.05) is 32.8 Å². The highest BCUT2D eigenvalue weighted by Gasteiger charge is 2.55. The molecular formula is C33H50N6O6S. The van der Waals surface area contributed by atoms with E-state index < -0.39 is 27.7 Å². The van der Waals surface area contributed by atoms with Crippen molar-refractivity contribution in [1.29, 1.82) is 0 Å². The number of aromatic nitrogens is 2. The van der Waals surface area contributed by atoms with Gasteiger partial charge in [0.1, 0.15) is 11.6 Å². The van der Waals surface area contributed by atoms with Crippen LogP contribution in [0, 0.1) is 19.8 Å². The molecule has 12 nitrogen and oxygen atoms in total. The third-order valence-corrected chi connectivity index (χ3v) is 11.7. The Morgan fingerprint density at radius 3 is 2.39 bits per heavy atom. The smallest absolute Gasteiger partial charge is 0.248 e. The predicted octanol–water partition coefficient (Wildman–Crippen LogP) is 2.16. The van der Waals surface area contributed by atoms with Gasteiger partial charge in [-0.25, -0.2) is 17.8 Å². The average molecular weight is 659 g/mol. The number of aliphatic hydroxyl groups excluding tert-OH is 2. The lowest BCUT2D eigenvalue weighted by Crippen LogP contribution is -2.75. The minimum atomic E-state index is -3.71. The maximum atomic E-state index is 13.9. The minimum Gasteiger partial charge on any atom is -0.395 e. The molecule has 2 unspecified atom stereocenters. The second-order valence-corrected chi connectivity index (χ2v) is 14.9. The number of nitrogens with zero attached hydrogens (tertiary/aromatic N) is 4. The van der Waals surface area contributed by atoms with Crippen LogP contribution in [0.3, 0.4) is 0 Å². The number of aryl methyl sites for hydroxylation is 1. The Morgan fingerprint density at radius 1 is 1.09 bits per heavy atom. The molecule has 1 saturated carbocycles. The van der Waals surface area contributed by atoms with Crippen molar-refractivity contribution in [2.45, 2.75) is 108 Å². The SMILES string of the molecule is CCCCN1C(=O)C(C(O)C2CCCCC2)NC(=O)C12CCN(Cc1c(C)nn(-c3ccc(S(=O)(=O)NCCO)cc3)c1C)CC2. The van der Waals surface area contributed by atoms with Gasteiger partial charge in [0, 0.05) is 44.0 Å². The number of hydrogen-bond acceptors (Lipinski definition) is 8. The van der Waals surface area contributed by atoms with Crippen LogP contribution < -0.4 is 10.0 Å². The first-order valence-electron chi connectivity index (χ1n) is 16.8. The third kappa shape index (κ3) is 6.89. The van der Waals surface area contributed by atoms with Crippen molar-refractivity contribution in [3.05, 3.63) is 41.2 Å². The number of piperazine rings is 1. The molecular weight excluding hydrogens is 608 g/mol. The molecule has 2 atom stereocenters. The molecule has 0 bridgehead atoms. The van der Waals surface area contributed by atoms with Crippen LogP contribution in [0.5, 0.6) is 0 Å². The molecule has 4 N–H and O–H groups in total. The number of amides is 2. The van der Waals surface area contributed by atoms with E-state index in [1.54, 1.807) is 17.0 Å². The van der Waals surface area contributed by atoms with E-state index in [4.69, 9.17) is 10.2 Å². The Labute approximate surface area is 272 Å². The number of unbranched alkanes of at least 4 members (excludes halogenated alkanes) is 1. The summed E-state index contributed by atoms with van der Waals surface area (Å²) in [6.45, 7) is 8.12. The standard InChI is InChI=1S/C33H50N6O6S/c1-4-5-18-38-31(42)29(30(41)25-9-7-6-8-10-25)35-32(43)33(38)15-19-37(20-16-33)22-28-23(2)36-39(24(28)3)26-11-13-27(14-12-26)46(44,45)34-17-21-40/h11-14,25,29-30,34,40-41H,4-10,15-22H2,1-3H3,(H,35,43). The van der Waals surface area contributed by atoms with Gasteiger partial charge in [-0.2, -0.15) is 5.10 Å². The van der Waals surface area contributed by atoms with Crippen molar-refractivity contribution in [3.8, 4) is 5.69 Å². The fraction of sp³-hybridized carbons (Fsp3) is 0.667. The molecule has 1 aromatic heterocycles. The van der Waals surface area contributed by atoms with Gasteiger partial charge in [0.15, 0.2) is 0 Å². The highest BCUT2D eigenvalue weighted by molar-refractivity contribution is 7.89. The molecule has 3 heterocycles. The summed E-state index contributed by atoms with van der Waals surface area (Å²) in [6.07, 6.45) is 6.93. The van der Waals surface area contributed by atoms with E-state index in [2.05, 4.69) is 21.9 Å². The molecule has 2 aliphatic heterocycles. The van der Waals surface area contributed by atoms with Crippen molar-refractivity contribution in [2.24, 2.45) is 5.92 Å². The Hall–Kier alpha value is -2.84. The Balaban J connectivity index is 1.28. The molecule has 2 aromatic rings. The Morgan fingerprint density at radius 2 is 1.76 bits per heavy atom. The molecule has 13 heteroatoms. The molecule has 0 radical (unpaired) electrons. The van der Waals surface area contributed by atoms with E-state index in [0.29, 0.717) is 39.0 Å². The molecule has 254 valence electrons. The largest absolute Gasteiger partial charge is 0.395 e. The van der Waals surface area contributed by atoms with Gasteiger partial charge in [-0.1, -0.05) is 32.6 Å². The van der Waals surface area contributed by atoms with Crippen LogP contribution in [-0.2, 0) is 26.2 Å². The van der Waals surface area contributed by atoms with Crippen molar-refractivity contribution >= 4 is 21.8 Å². The monoisotopic (exact) mass is 658 g/mol. The highest BCUT2D eigenvalue weighted by atomic mass is 32.2. The normalized spacial score (nSPS) is 21.9. The lowest BCUT2D eigenvalue weighted by Gasteiger charge is -2.52. The van der Waals surface area contributed by atoms with E-state index in [1.165, 1.54) is 12.1 Å². The van der Waals surface area contributed by atoms with Crippen LogP contribution >= 0.6 is 0 Å². The molecule has 1 spiro atoms. The lowest BCUT2D eigenvalue weighted by molar-refractivity contribution is -0.166. The zero-order valence-electron chi connectivity index (χ0n) is 27.4. The van der Waals surface area contributed by atoms with E-state index in [0.717, 1.165) is 67.6 Å². The average Bonchev–Trinajstić information content (AvgIpc) is 3.35. The van der Waals surface area contributed by atoms with E-state index in [9.17, 15) is 23.1 Å². The van der Waals surface area contributed by atoms with Crippen LogP contribution in [0.1, 0.15) is 81.7 Å². The summed E-state index contributed by atoms with van der Waals surface area (Å²) in [5, 5.41) is 27.9. The first kappa shape index (κ1) is 34.5. The van der Waals surface area contributed by atoms with Gasteiger partial charge >= 0.3 is 0 Å². The van der Waals surface area contributed by atoms with Crippen LogP contribution in [0.4, 0.5) is 0 Å². The molecule has 1 aromatic carbocycles. The molecule has 5 rings (SSSR count). The highest BCUT2D eigenvalue weighted by Crippen LogP contribution is 2.37. The summed E-state index contributed by atoms with van der Waals surface area (Å²) < 4.78 is 29.0. The Bertz CT molecular complexity index is 1480. The van der Waals surface area contributed by atoms with Crippen LogP contribution in [0.2, 0.25) is 0 Å². The van der Waals surface area contributed by atoms with Gasteiger partial charge in [0.05, 0.1) is 29.0 Å². The topological polar surface area (TPSA) is 157 Å². The van der Waals surface area contributed by atoms with Crippen molar-refractivity contribution in [3.63, 3.8) is 0 Å². The number of carbonyl (C=O) groups excluding carboxylic acids is 2. The van der Waals surface area contributed by atoms with Crippen LogP contribution in [0.25, 0.3) is 5.69 Å². The maximum absolute atomic E-state index is 13.9. The number of sulfonamides is 1. The first-order chi connectivity index (χ1) is 22.0. The first-order valence-corrected chi connectivity index (χ1v) is 18.3. The molecule has 3 fully saturated rings. The van der Waals surface area contributed by atoms with Gasteiger partial charge in [0.2, 0.25) is 21.8 Å². The third-order valence-electron chi connectivity index (χ3n) is 10.3. The van der Waals surface area contributed by atoms with Gasteiger partial charge in [-0.05, 0) is 76.1 Å². The second kappa shape index (κ2) is 14.5. The molecule has 2 amide bonds. The summed E-state index contributed by atoms with van der Waals surface area (Å²) in [5.41, 5.74) is 2.71. The zero-order chi connectivity index (χ0) is 33.1. The van der Waals surface area contributed by atoms with E-state index >= 15 is 0 Å². The molecule has 46 heavy (non-hydrogen) atoms. The zero-order valence-corrected chi connectivity index (χ0v) is 28.2. The van der Waals surface area contributed by atoms with Gasteiger partial charge in [0.25, 0.3) is 0 Å². The fourth-order valence-corrected chi connectivity index (χ4v) is 8.47. The van der Waals surface area contributed by atoms with Crippen LogP contribution in [0.15, 0.2) is 29.2 Å². The quantitative estimate of drug-likeness (QED) is 0.270. The van der Waals surface area contributed by atoms with Crippen molar-refractivity contribution in [1.82, 2.24) is 29.6 Å². The maximum Gasteiger partial charge on any atom is 0.248 e. The molecule has 2 saturated heterocycles. The predicted molar refractivity (Wildman–Crippen MR) is 174 cm³/mol. The molecule has 3 aliphatic rings. The fourth-order valence-electron chi connectivity index (χ4n) is 7.45. The number of carbonyl (C=O) groups is 2. The summed E-state index contributed by atoms with van der Waals surface area (Å²) >= 11 is 0. The number of nitrogens with one attached hydrogen (secondary N) is 2. The number of rotatable bonds is 12. The number of aliphatic hydroxyl groups is 2. The lowest BCUT2D eigenvalue weighted by atomic mass is 9.78. The van der Waals surface area contributed by atoms with E-state index in [-0.39, 0.29) is 35.8 Å². The Kier molecular flexibility index (Phi) is 10.9. The second-order valence-electron chi connectivity index (χ2n) is 13.2. The summed E-state index contributed by atoms with van der Waals surface area (Å²) in [7, 11) is -3.71. The molecule has 1 aliphatic carbocycles. The number of hydrogen-bond donors (Lipinski definition) is 4. The number of likely N-dealkylation sites (tertiary alicyclic amines) is 1. The van der Waals surface area contributed by atoms with Crippen molar-refractivity contribution < 1.29 is 28.2 Å². The van der Waals surface area contributed by atoms with Crippen LogP contribution in [-0.4, -0.2) is 100 Å². The van der Waals surface area contributed by atoms with E-state index in [1.807, 2.05) is 18.5 Å². The number of benzene rings is 1. The summed E-state index contributed by atoms with van der Waals surface area (Å²) in [6, 6.07) is 5.59. The summed E-state index contributed by atoms with van der Waals surface area (Å²) in [5.74, 6) is -0.241. The van der Waals surface area contributed by atoms with Gasteiger partial charge in [-0.15, -0.1) is 0 Å².